The molecule has 2 aromatic rings. The highest BCUT2D eigenvalue weighted by molar-refractivity contribution is 5.97. The number of hydrogen-bond donors (Lipinski definition) is 2. The monoisotopic (exact) mass is 430 g/mol. The van der Waals surface area contributed by atoms with Gasteiger partial charge in [0.1, 0.15) is 17.5 Å². The molecule has 2 aliphatic heterocycles. The molecule has 2 aliphatic rings. The summed E-state index contributed by atoms with van der Waals surface area (Å²) in [6, 6.07) is 11.1. The Morgan fingerprint density at radius 3 is 2.61 bits per heavy atom. The van der Waals surface area contributed by atoms with Gasteiger partial charge in [0.25, 0.3) is 5.91 Å². The average Bonchev–Trinajstić information content (AvgIpc) is 2.74. The number of halogens is 3. The molecule has 0 atom stereocenters. The quantitative estimate of drug-likeness (QED) is 0.737. The topological polar surface area (TPSA) is 77.4 Å². The lowest BCUT2D eigenvalue weighted by Gasteiger charge is -2.34. The number of aryl methyl sites for hydroxylation is 1. The lowest BCUT2D eigenvalue weighted by Crippen LogP contribution is -2.39. The normalized spacial score (nSPS) is 16.7. The van der Waals surface area contributed by atoms with Crippen LogP contribution in [0.4, 0.5) is 35.9 Å². The summed E-state index contributed by atoms with van der Waals surface area (Å²) in [5, 5.41) is 15.3. The van der Waals surface area contributed by atoms with E-state index in [1.807, 2.05) is 30.0 Å². The van der Waals surface area contributed by atoms with Crippen LogP contribution in [0, 0.1) is 24.2 Å². The molecule has 6 nitrogen and oxygen atoms in total. The highest BCUT2D eigenvalue weighted by Gasteiger charge is 2.41. The smallest absolute Gasteiger partial charge is 0.391 e. The lowest BCUT2D eigenvalue weighted by molar-refractivity contribution is -0.179. The number of carbonyl (C=O) groups is 1. The minimum atomic E-state index is -4.13. The van der Waals surface area contributed by atoms with E-state index in [0.29, 0.717) is 30.2 Å². The molecule has 0 radical (unpaired) electrons. The molecule has 2 heterocycles. The number of ether oxygens (including phenoxy) is 1. The molecule has 0 unspecified atom stereocenters. The molecule has 0 spiro atoms. The molecular weight excluding hydrogens is 409 g/mol. The third kappa shape index (κ3) is 4.38. The van der Waals surface area contributed by atoms with Crippen molar-refractivity contribution in [3.8, 4) is 11.8 Å². The van der Waals surface area contributed by atoms with Crippen LogP contribution in [0.15, 0.2) is 30.3 Å². The van der Waals surface area contributed by atoms with E-state index < -0.39 is 12.1 Å². The number of anilines is 4. The summed E-state index contributed by atoms with van der Waals surface area (Å²) in [5.74, 6) is -1.12. The van der Waals surface area contributed by atoms with Crippen LogP contribution in [0.2, 0.25) is 0 Å². The SMILES string of the molecule is Cc1cc(N2CCC(C(F)(F)F)CC2)ccc1Nc1cc(C#N)c2c(c1)OCC(=O)N2. The third-order valence-corrected chi connectivity index (χ3v) is 5.66. The molecule has 0 aliphatic carbocycles. The van der Waals surface area contributed by atoms with E-state index in [2.05, 4.69) is 16.7 Å². The van der Waals surface area contributed by atoms with Crippen molar-refractivity contribution in [2.24, 2.45) is 5.92 Å². The Labute approximate surface area is 177 Å². The van der Waals surface area contributed by atoms with Crippen molar-refractivity contribution in [3.05, 3.63) is 41.5 Å². The number of nitrogens with zero attached hydrogens (tertiary/aromatic N) is 2. The summed E-state index contributed by atoms with van der Waals surface area (Å²) >= 11 is 0. The van der Waals surface area contributed by atoms with Crippen LogP contribution >= 0.6 is 0 Å². The van der Waals surface area contributed by atoms with Crippen LogP contribution in [0.5, 0.6) is 5.75 Å². The van der Waals surface area contributed by atoms with E-state index in [9.17, 15) is 23.2 Å². The van der Waals surface area contributed by atoms with Crippen LogP contribution in [-0.2, 0) is 4.79 Å². The molecule has 0 aromatic heterocycles. The van der Waals surface area contributed by atoms with Crippen molar-refractivity contribution in [3.63, 3.8) is 0 Å². The second-order valence-corrected chi connectivity index (χ2v) is 7.77. The maximum atomic E-state index is 12.9. The number of alkyl halides is 3. The summed E-state index contributed by atoms with van der Waals surface area (Å²) in [7, 11) is 0. The number of nitriles is 1. The lowest BCUT2D eigenvalue weighted by atomic mass is 9.96. The maximum absolute atomic E-state index is 12.9. The molecule has 0 saturated carbocycles. The molecule has 2 aromatic carbocycles. The van der Waals surface area contributed by atoms with Gasteiger partial charge in [0.05, 0.1) is 11.5 Å². The van der Waals surface area contributed by atoms with Crippen LogP contribution in [0.1, 0.15) is 24.0 Å². The first-order chi connectivity index (χ1) is 14.7. The number of piperidine rings is 1. The van der Waals surface area contributed by atoms with Crippen molar-refractivity contribution in [2.75, 3.05) is 35.2 Å². The zero-order valence-corrected chi connectivity index (χ0v) is 16.8. The Kier molecular flexibility index (Phi) is 5.39. The number of fused-ring (bicyclic) bond motifs is 1. The summed E-state index contributed by atoms with van der Waals surface area (Å²) < 4.78 is 44.1. The van der Waals surface area contributed by atoms with Crippen LogP contribution in [0.3, 0.4) is 0 Å². The molecule has 4 rings (SSSR count). The zero-order valence-electron chi connectivity index (χ0n) is 16.8. The standard InChI is InChI=1S/C22H21F3N4O2/c1-13-8-17(29-6-4-15(5-7-29)22(23,24)25)2-3-18(13)27-16-9-14(11-26)21-19(10-16)31-12-20(30)28-21/h2-3,8-10,15,27H,4-7,12H2,1H3,(H,28,30). The van der Waals surface area contributed by atoms with Gasteiger partial charge in [0.15, 0.2) is 6.61 Å². The van der Waals surface area contributed by atoms with E-state index >= 15 is 0 Å². The predicted molar refractivity (Wildman–Crippen MR) is 111 cm³/mol. The molecule has 1 fully saturated rings. The summed E-state index contributed by atoms with van der Waals surface area (Å²) in [6.07, 6.45) is -3.92. The number of carbonyl (C=O) groups excluding carboxylic acids is 1. The van der Waals surface area contributed by atoms with Crippen LogP contribution in [0.25, 0.3) is 0 Å². The Balaban J connectivity index is 1.50. The van der Waals surface area contributed by atoms with E-state index in [1.165, 1.54) is 0 Å². The average molecular weight is 430 g/mol. The number of nitrogens with one attached hydrogen (secondary N) is 2. The molecular formula is C22H21F3N4O2. The van der Waals surface area contributed by atoms with Gasteiger partial charge in [-0.2, -0.15) is 18.4 Å². The summed E-state index contributed by atoms with van der Waals surface area (Å²) in [5.41, 5.74) is 3.89. The maximum Gasteiger partial charge on any atom is 0.391 e. The minimum Gasteiger partial charge on any atom is -0.481 e. The van der Waals surface area contributed by atoms with E-state index in [4.69, 9.17) is 4.74 Å². The second-order valence-electron chi connectivity index (χ2n) is 7.77. The first-order valence-corrected chi connectivity index (χ1v) is 9.94. The van der Waals surface area contributed by atoms with Gasteiger partial charge >= 0.3 is 6.18 Å². The number of rotatable bonds is 3. The van der Waals surface area contributed by atoms with Gasteiger partial charge in [-0.15, -0.1) is 0 Å². The molecule has 9 heteroatoms. The van der Waals surface area contributed by atoms with E-state index in [1.54, 1.807) is 12.1 Å². The van der Waals surface area contributed by atoms with Gasteiger partial charge in [-0.05, 0) is 49.6 Å². The summed E-state index contributed by atoms with van der Waals surface area (Å²) in [4.78, 5) is 13.5. The fraction of sp³-hybridized carbons (Fsp3) is 0.364. The Bertz CT molecular complexity index is 1050. The van der Waals surface area contributed by atoms with Crippen molar-refractivity contribution in [2.45, 2.75) is 25.9 Å². The van der Waals surface area contributed by atoms with Gasteiger partial charge in [-0.3, -0.25) is 4.79 Å². The van der Waals surface area contributed by atoms with Gasteiger partial charge in [-0.1, -0.05) is 0 Å². The largest absolute Gasteiger partial charge is 0.481 e. The van der Waals surface area contributed by atoms with Crippen molar-refractivity contribution in [1.29, 1.82) is 5.26 Å². The molecule has 0 bridgehead atoms. The molecule has 31 heavy (non-hydrogen) atoms. The first-order valence-electron chi connectivity index (χ1n) is 9.94. The molecule has 2 N–H and O–H groups in total. The van der Waals surface area contributed by atoms with Gasteiger partial charge < -0.3 is 20.3 Å². The van der Waals surface area contributed by atoms with Gasteiger partial charge in [0, 0.05) is 36.2 Å². The number of hydrogen-bond acceptors (Lipinski definition) is 5. The summed E-state index contributed by atoms with van der Waals surface area (Å²) in [6.45, 7) is 2.54. The Hall–Kier alpha value is -3.41. The zero-order chi connectivity index (χ0) is 22.2. The van der Waals surface area contributed by atoms with Crippen molar-refractivity contribution < 1.29 is 22.7 Å². The van der Waals surface area contributed by atoms with Crippen LogP contribution < -0.4 is 20.3 Å². The first kappa shape index (κ1) is 20.8. The second kappa shape index (κ2) is 8.02. The van der Waals surface area contributed by atoms with Crippen LogP contribution in [-0.4, -0.2) is 31.8 Å². The number of benzene rings is 2. The third-order valence-electron chi connectivity index (χ3n) is 5.66. The Morgan fingerprint density at radius 2 is 1.97 bits per heavy atom. The fourth-order valence-electron chi connectivity index (χ4n) is 3.94. The predicted octanol–water partition coefficient (Wildman–Crippen LogP) is 4.72. The number of amides is 1. The van der Waals surface area contributed by atoms with E-state index in [-0.39, 0.29) is 30.9 Å². The van der Waals surface area contributed by atoms with Gasteiger partial charge in [0.2, 0.25) is 0 Å². The highest BCUT2D eigenvalue weighted by atomic mass is 19.4. The molecule has 162 valence electrons. The van der Waals surface area contributed by atoms with Crippen molar-refractivity contribution >= 4 is 28.7 Å². The van der Waals surface area contributed by atoms with Gasteiger partial charge in [-0.25, -0.2) is 0 Å². The fourth-order valence-corrected chi connectivity index (χ4v) is 3.94. The minimum absolute atomic E-state index is 0.102. The van der Waals surface area contributed by atoms with Crippen molar-refractivity contribution in [1.82, 2.24) is 0 Å². The Morgan fingerprint density at radius 1 is 1.23 bits per heavy atom. The van der Waals surface area contributed by atoms with E-state index in [0.717, 1.165) is 16.9 Å². The molecule has 1 amide bonds. The molecule has 1 saturated heterocycles. The highest BCUT2D eigenvalue weighted by Crippen LogP contribution is 2.38.